The SMILES string of the molecule is CN=C(NCCCS(=O)(=O)c1ccccc1)NCc1ccc(C)cc1SC. The molecule has 0 aromatic heterocycles. The fourth-order valence-corrected chi connectivity index (χ4v) is 4.65. The highest BCUT2D eigenvalue weighted by atomic mass is 32.2. The Hall–Kier alpha value is -1.99. The molecule has 0 unspecified atom stereocenters. The third-order valence-electron chi connectivity index (χ3n) is 4.10. The zero-order valence-corrected chi connectivity index (χ0v) is 17.7. The molecule has 0 saturated carbocycles. The Balaban J connectivity index is 1.81. The molecule has 0 aliphatic carbocycles. The van der Waals surface area contributed by atoms with Gasteiger partial charge in [0.05, 0.1) is 10.6 Å². The summed E-state index contributed by atoms with van der Waals surface area (Å²) in [7, 11) is -1.53. The first-order valence-electron chi connectivity index (χ1n) is 8.82. The third kappa shape index (κ3) is 6.59. The number of nitrogens with zero attached hydrogens (tertiary/aromatic N) is 1. The highest BCUT2D eigenvalue weighted by Crippen LogP contribution is 2.21. The lowest BCUT2D eigenvalue weighted by Gasteiger charge is -2.14. The van der Waals surface area contributed by atoms with Gasteiger partial charge in [0.25, 0.3) is 0 Å². The predicted octanol–water partition coefficient (Wildman–Crippen LogP) is 3.25. The summed E-state index contributed by atoms with van der Waals surface area (Å²) in [6.45, 7) is 3.29. The van der Waals surface area contributed by atoms with E-state index >= 15 is 0 Å². The van der Waals surface area contributed by atoms with Crippen LogP contribution in [-0.4, -0.2) is 40.0 Å². The molecular weight excluding hydrogens is 378 g/mol. The first-order chi connectivity index (χ1) is 13.0. The molecule has 2 aromatic carbocycles. The maximum Gasteiger partial charge on any atom is 0.191 e. The minimum atomic E-state index is -3.24. The average Bonchev–Trinajstić information content (AvgIpc) is 2.68. The summed E-state index contributed by atoms with van der Waals surface area (Å²) < 4.78 is 24.6. The summed E-state index contributed by atoms with van der Waals surface area (Å²) in [5, 5.41) is 6.47. The normalized spacial score (nSPS) is 12.0. The van der Waals surface area contributed by atoms with E-state index in [1.54, 1.807) is 43.1 Å². The summed E-state index contributed by atoms with van der Waals surface area (Å²) in [6.07, 6.45) is 2.58. The molecule has 0 radical (unpaired) electrons. The van der Waals surface area contributed by atoms with E-state index in [-0.39, 0.29) is 5.75 Å². The highest BCUT2D eigenvalue weighted by Gasteiger charge is 2.13. The maximum absolute atomic E-state index is 12.3. The van der Waals surface area contributed by atoms with Gasteiger partial charge in [-0.05, 0) is 48.9 Å². The van der Waals surface area contributed by atoms with E-state index in [9.17, 15) is 8.42 Å². The quantitative estimate of drug-likeness (QED) is 0.305. The lowest BCUT2D eigenvalue weighted by molar-refractivity contribution is 0.592. The van der Waals surface area contributed by atoms with Crippen molar-refractivity contribution in [2.45, 2.75) is 29.7 Å². The van der Waals surface area contributed by atoms with Crippen molar-refractivity contribution in [1.29, 1.82) is 0 Å². The number of sulfone groups is 1. The molecule has 0 fully saturated rings. The molecule has 2 N–H and O–H groups in total. The van der Waals surface area contributed by atoms with Crippen molar-refractivity contribution in [3.8, 4) is 0 Å². The number of hydrogen-bond acceptors (Lipinski definition) is 4. The fraction of sp³-hybridized carbons (Fsp3) is 0.350. The van der Waals surface area contributed by atoms with Crippen molar-refractivity contribution >= 4 is 27.6 Å². The number of rotatable bonds is 8. The van der Waals surface area contributed by atoms with Crippen molar-refractivity contribution in [3.63, 3.8) is 0 Å². The lowest BCUT2D eigenvalue weighted by Crippen LogP contribution is -2.37. The van der Waals surface area contributed by atoms with Crippen LogP contribution in [0.5, 0.6) is 0 Å². The van der Waals surface area contributed by atoms with Crippen LogP contribution in [0.1, 0.15) is 17.5 Å². The first kappa shape index (κ1) is 21.3. The van der Waals surface area contributed by atoms with E-state index in [1.807, 2.05) is 6.07 Å². The molecule has 0 amide bonds. The van der Waals surface area contributed by atoms with E-state index in [2.05, 4.69) is 47.0 Å². The smallest absolute Gasteiger partial charge is 0.191 e. The Labute approximate surface area is 166 Å². The lowest BCUT2D eigenvalue weighted by atomic mass is 10.1. The minimum absolute atomic E-state index is 0.107. The number of aliphatic imine (C=N–C) groups is 1. The second-order valence-corrected chi connectivity index (χ2v) is 9.11. The molecule has 2 rings (SSSR count). The van der Waals surface area contributed by atoms with E-state index < -0.39 is 9.84 Å². The monoisotopic (exact) mass is 405 g/mol. The second kappa shape index (κ2) is 10.4. The van der Waals surface area contributed by atoms with Crippen molar-refractivity contribution in [2.75, 3.05) is 25.6 Å². The van der Waals surface area contributed by atoms with Crippen LogP contribution in [0.3, 0.4) is 0 Å². The van der Waals surface area contributed by atoms with Crippen LogP contribution < -0.4 is 10.6 Å². The Bertz CT molecular complexity index is 866. The highest BCUT2D eigenvalue weighted by molar-refractivity contribution is 7.98. The van der Waals surface area contributed by atoms with Gasteiger partial charge in [-0.2, -0.15) is 0 Å². The molecule has 2 aromatic rings. The zero-order chi connectivity index (χ0) is 19.7. The molecule has 7 heteroatoms. The standard InChI is InChI=1S/C20H27N3O2S2/c1-16-10-11-17(19(14-16)26-3)15-23-20(21-2)22-12-7-13-27(24,25)18-8-5-4-6-9-18/h4-6,8-11,14H,7,12-13,15H2,1-3H3,(H2,21,22,23). The molecule has 0 atom stereocenters. The molecule has 0 saturated heterocycles. The molecule has 27 heavy (non-hydrogen) atoms. The van der Waals surface area contributed by atoms with Gasteiger partial charge in [-0.3, -0.25) is 4.99 Å². The van der Waals surface area contributed by atoms with Gasteiger partial charge in [-0.25, -0.2) is 8.42 Å². The van der Waals surface area contributed by atoms with E-state index in [1.165, 1.54) is 16.0 Å². The van der Waals surface area contributed by atoms with Crippen molar-refractivity contribution in [3.05, 3.63) is 59.7 Å². The van der Waals surface area contributed by atoms with Crippen LogP contribution in [0.15, 0.2) is 63.3 Å². The number of aryl methyl sites for hydroxylation is 1. The summed E-state index contributed by atoms with van der Waals surface area (Å²) in [5.74, 6) is 0.773. The predicted molar refractivity (Wildman–Crippen MR) is 114 cm³/mol. The van der Waals surface area contributed by atoms with Gasteiger partial charge < -0.3 is 10.6 Å². The summed E-state index contributed by atoms with van der Waals surface area (Å²) in [4.78, 5) is 5.82. The van der Waals surface area contributed by atoms with E-state index in [0.717, 1.165) is 0 Å². The van der Waals surface area contributed by atoms with Crippen LogP contribution in [0.4, 0.5) is 0 Å². The Morgan fingerprint density at radius 1 is 1.11 bits per heavy atom. The van der Waals surface area contributed by atoms with Gasteiger partial charge in [0.2, 0.25) is 0 Å². The molecule has 146 valence electrons. The average molecular weight is 406 g/mol. The fourth-order valence-electron chi connectivity index (χ4n) is 2.61. The minimum Gasteiger partial charge on any atom is -0.356 e. The summed E-state index contributed by atoms with van der Waals surface area (Å²) in [5.41, 5.74) is 2.45. The van der Waals surface area contributed by atoms with Crippen LogP contribution in [0, 0.1) is 6.92 Å². The topological polar surface area (TPSA) is 70.6 Å². The summed E-state index contributed by atoms with van der Waals surface area (Å²) in [6, 6.07) is 15.0. The van der Waals surface area contributed by atoms with Crippen LogP contribution in [0.2, 0.25) is 0 Å². The molecule has 0 bridgehead atoms. The second-order valence-electron chi connectivity index (χ2n) is 6.15. The van der Waals surface area contributed by atoms with Crippen molar-refractivity contribution in [2.24, 2.45) is 4.99 Å². The number of thioether (sulfide) groups is 1. The van der Waals surface area contributed by atoms with Gasteiger partial charge in [-0.1, -0.05) is 30.3 Å². The van der Waals surface area contributed by atoms with Gasteiger partial charge in [0, 0.05) is 25.0 Å². The molecule has 0 heterocycles. The van der Waals surface area contributed by atoms with Crippen molar-refractivity contribution < 1.29 is 8.42 Å². The Morgan fingerprint density at radius 2 is 1.85 bits per heavy atom. The molecule has 0 aliphatic rings. The number of benzene rings is 2. The summed E-state index contributed by atoms with van der Waals surface area (Å²) >= 11 is 1.72. The zero-order valence-electron chi connectivity index (χ0n) is 16.0. The van der Waals surface area contributed by atoms with E-state index in [4.69, 9.17) is 0 Å². The number of hydrogen-bond donors (Lipinski definition) is 2. The van der Waals surface area contributed by atoms with Gasteiger partial charge >= 0.3 is 0 Å². The van der Waals surface area contributed by atoms with Gasteiger partial charge in [0.15, 0.2) is 15.8 Å². The number of nitrogens with one attached hydrogen (secondary N) is 2. The van der Waals surface area contributed by atoms with Gasteiger partial charge in [0.1, 0.15) is 0 Å². The van der Waals surface area contributed by atoms with Gasteiger partial charge in [-0.15, -0.1) is 11.8 Å². The van der Waals surface area contributed by atoms with Crippen LogP contribution in [0.25, 0.3) is 0 Å². The molecule has 0 aliphatic heterocycles. The maximum atomic E-state index is 12.3. The van der Waals surface area contributed by atoms with Crippen LogP contribution >= 0.6 is 11.8 Å². The Kier molecular flexibility index (Phi) is 8.19. The number of guanidine groups is 1. The molecule has 0 spiro atoms. The Morgan fingerprint density at radius 3 is 2.52 bits per heavy atom. The van der Waals surface area contributed by atoms with Crippen molar-refractivity contribution in [1.82, 2.24) is 10.6 Å². The van der Waals surface area contributed by atoms with Crippen LogP contribution in [-0.2, 0) is 16.4 Å². The largest absolute Gasteiger partial charge is 0.356 e. The molecular formula is C20H27N3O2S2. The molecule has 5 nitrogen and oxygen atoms in total. The van der Waals surface area contributed by atoms with E-state index in [0.29, 0.717) is 30.4 Å². The first-order valence-corrected chi connectivity index (χ1v) is 11.7. The third-order valence-corrected chi connectivity index (χ3v) is 6.73.